The molecule has 3 aromatic rings. The van der Waals surface area contributed by atoms with Crippen molar-refractivity contribution < 1.29 is 9.53 Å². The van der Waals surface area contributed by atoms with Gasteiger partial charge in [0.1, 0.15) is 5.75 Å². The summed E-state index contributed by atoms with van der Waals surface area (Å²) in [7, 11) is 0. The van der Waals surface area contributed by atoms with Gasteiger partial charge in [-0.25, -0.2) is 0 Å². The van der Waals surface area contributed by atoms with Gasteiger partial charge >= 0.3 is 0 Å². The van der Waals surface area contributed by atoms with E-state index in [-0.39, 0.29) is 11.7 Å². The van der Waals surface area contributed by atoms with E-state index in [2.05, 4.69) is 29.4 Å². The summed E-state index contributed by atoms with van der Waals surface area (Å²) in [6.45, 7) is 7.39. The van der Waals surface area contributed by atoms with E-state index in [1.165, 1.54) is 11.8 Å². The number of carbonyl (C=O) groups excluding carboxylic acids is 1. The molecule has 6 nitrogen and oxygen atoms in total. The van der Waals surface area contributed by atoms with Crippen LogP contribution in [0.2, 0.25) is 0 Å². The van der Waals surface area contributed by atoms with Crippen LogP contribution >= 0.6 is 11.8 Å². The number of nitrogens with one attached hydrogen (secondary N) is 1. The summed E-state index contributed by atoms with van der Waals surface area (Å²) in [5.74, 6) is 2.25. The van der Waals surface area contributed by atoms with Crippen molar-refractivity contribution in [2.45, 2.75) is 25.9 Å². The third-order valence-electron chi connectivity index (χ3n) is 4.11. The molecule has 0 atom stereocenters. The fourth-order valence-corrected chi connectivity index (χ4v) is 3.51. The zero-order valence-electron chi connectivity index (χ0n) is 17.0. The zero-order chi connectivity index (χ0) is 20.6. The van der Waals surface area contributed by atoms with Crippen LogP contribution in [-0.2, 0) is 4.79 Å². The standard InChI is InChI=1S/C22H26N4O2S/c1-4-28-19-12-10-18(11-13-19)26-21(17-8-6-5-7-9-17)24-25-22(26)29-15-20(27)23-14-16(2)3/h5-13,16H,4,14-15H2,1-3H3,(H,23,27). The minimum absolute atomic E-state index is 0.00814. The molecule has 7 heteroatoms. The molecule has 0 saturated heterocycles. The molecule has 0 bridgehead atoms. The van der Waals surface area contributed by atoms with Gasteiger partial charge in [-0.05, 0) is 37.1 Å². The summed E-state index contributed by atoms with van der Waals surface area (Å²) < 4.78 is 7.53. The van der Waals surface area contributed by atoms with Gasteiger partial charge in [0, 0.05) is 17.8 Å². The third-order valence-corrected chi connectivity index (χ3v) is 5.04. The molecule has 0 unspecified atom stereocenters. The van der Waals surface area contributed by atoms with E-state index in [1.54, 1.807) is 0 Å². The number of amides is 1. The summed E-state index contributed by atoms with van der Waals surface area (Å²) >= 11 is 1.38. The first kappa shape index (κ1) is 20.9. The average Bonchev–Trinajstić information content (AvgIpc) is 3.16. The highest BCUT2D eigenvalue weighted by Crippen LogP contribution is 2.28. The van der Waals surface area contributed by atoms with E-state index in [0.717, 1.165) is 22.8 Å². The van der Waals surface area contributed by atoms with Crippen molar-refractivity contribution in [1.29, 1.82) is 0 Å². The number of hydrogen-bond donors (Lipinski definition) is 1. The predicted octanol–water partition coefficient (Wildman–Crippen LogP) is 4.20. The van der Waals surface area contributed by atoms with Crippen molar-refractivity contribution in [2.75, 3.05) is 18.9 Å². The number of hydrogen-bond acceptors (Lipinski definition) is 5. The van der Waals surface area contributed by atoms with Gasteiger partial charge in [-0.15, -0.1) is 10.2 Å². The minimum atomic E-state index is -0.00814. The number of rotatable bonds is 9. The smallest absolute Gasteiger partial charge is 0.230 e. The van der Waals surface area contributed by atoms with E-state index in [0.29, 0.717) is 24.2 Å². The Morgan fingerprint density at radius 3 is 2.48 bits per heavy atom. The molecule has 1 heterocycles. The number of aromatic nitrogens is 3. The molecule has 0 radical (unpaired) electrons. The van der Waals surface area contributed by atoms with Gasteiger partial charge in [0.2, 0.25) is 5.91 Å². The third kappa shape index (κ3) is 5.60. The van der Waals surface area contributed by atoms with Gasteiger partial charge in [-0.1, -0.05) is 55.9 Å². The molecule has 29 heavy (non-hydrogen) atoms. The molecule has 2 aromatic carbocycles. The second-order valence-corrected chi connectivity index (χ2v) is 7.86. The van der Waals surface area contributed by atoms with E-state index >= 15 is 0 Å². The van der Waals surface area contributed by atoms with Gasteiger partial charge in [-0.2, -0.15) is 0 Å². The molecule has 0 fully saturated rings. The lowest BCUT2D eigenvalue weighted by molar-refractivity contribution is -0.118. The highest BCUT2D eigenvalue weighted by atomic mass is 32.2. The molecule has 0 saturated carbocycles. The number of ether oxygens (including phenoxy) is 1. The van der Waals surface area contributed by atoms with Crippen LogP contribution in [0.25, 0.3) is 17.1 Å². The van der Waals surface area contributed by atoms with Gasteiger partial charge in [0.25, 0.3) is 0 Å². The van der Waals surface area contributed by atoms with Crippen LogP contribution in [0.4, 0.5) is 0 Å². The van der Waals surface area contributed by atoms with Crippen LogP contribution in [0, 0.1) is 5.92 Å². The Morgan fingerprint density at radius 2 is 1.83 bits per heavy atom. The molecular formula is C22H26N4O2S. The second-order valence-electron chi connectivity index (χ2n) is 6.92. The maximum absolute atomic E-state index is 12.2. The molecule has 0 aliphatic heterocycles. The number of nitrogens with zero attached hydrogens (tertiary/aromatic N) is 3. The summed E-state index contributed by atoms with van der Waals surface area (Å²) in [6.07, 6.45) is 0. The Balaban J connectivity index is 1.88. The van der Waals surface area contributed by atoms with Crippen molar-refractivity contribution in [3.63, 3.8) is 0 Å². The zero-order valence-corrected chi connectivity index (χ0v) is 17.8. The Kier molecular flexibility index (Phi) is 7.30. The number of carbonyl (C=O) groups is 1. The Hall–Kier alpha value is -2.80. The predicted molar refractivity (Wildman–Crippen MR) is 117 cm³/mol. The van der Waals surface area contributed by atoms with E-state index < -0.39 is 0 Å². The van der Waals surface area contributed by atoms with Crippen LogP contribution in [0.15, 0.2) is 59.8 Å². The second kappa shape index (κ2) is 10.1. The first-order valence-electron chi connectivity index (χ1n) is 9.72. The van der Waals surface area contributed by atoms with Crippen LogP contribution in [-0.4, -0.2) is 39.6 Å². The lowest BCUT2D eigenvalue weighted by Gasteiger charge is -2.12. The first-order valence-corrected chi connectivity index (χ1v) is 10.7. The Bertz CT molecular complexity index is 924. The highest BCUT2D eigenvalue weighted by Gasteiger charge is 2.17. The fourth-order valence-electron chi connectivity index (χ4n) is 2.73. The minimum Gasteiger partial charge on any atom is -0.494 e. The lowest BCUT2D eigenvalue weighted by atomic mass is 10.2. The summed E-state index contributed by atoms with van der Waals surface area (Å²) in [5, 5.41) is 12.4. The molecular weight excluding hydrogens is 384 g/mol. The largest absolute Gasteiger partial charge is 0.494 e. The number of thioether (sulfide) groups is 1. The van der Waals surface area contributed by atoms with Crippen molar-refractivity contribution in [1.82, 2.24) is 20.1 Å². The fraction of sp³-hybridized carbons (Fsp3) is 0.318. The van der Waals surface area contributed by atoms with Gasteiger partial charge < -0.3 is 10.1 Å². The van der Waals surface area contributed by atoms with E-state index in [9.17, 15) is 4.79 Å². The van der Waals surface area contributed by atoms with Gasteiger partial charge in [0.05, 0.1) is 12.4 Å². The van der Waals surface area contributed by atoms with Gasteiger partial charge in [-0.3, -0.25) is 9.36 Å². The van der Waals surface area contributed by atoms with Crippen LogP contribution in [0.5, 0.6) is 5.75 Å². The quantitative estimate of drug-likeness (QED) is 0.536. The van der Waals surface area contributed by atoms with Crippen LogP contribution in [0.3, 0.4) is 0 Å². The molecule has 1 aromatic heterocycles. The van der Waals surface area contributed by atoms with Crippen LogP contribution in [0.1, 0.15) is 20.8 Å². The maximum atomic E-state index is 12.2. The monoisotopic (exact) mass is 410 g/mol. The van der Waals surface area contributed by atoms with Crippen molar-refractivity contribution in [3.05, 3.63) is 54.6 Å². The molecule has 152 valence electrons. The summed E-state index contributed by atoms with van der Waals surface area (Å²) in [5.41, 5.74) is 1.88. The molecule has 3 rings (SSSR count). The highest BCUT2D eigenvalue weighted by molar-refractivity contribution is 7.99. The van der Waals surface area contributed by atoms with Crippen molar-refractivity contribution in [2.24, 2.45) is 5.92 Å². The maximum Gasteiger partial charge on any atom is 0.230 e. The van der Waals surface area contributed by atoms with Gasteiger partial charge in [0.15, 0.2) is 11.0 Å². The molecule has 1 amide bonds. The first-order chi connectivity index (χ1) is 14.1. The average molecular weight is 411 g/mol. The van der Waals surface area contributed by atoms with Crippen LogP contribution < -0.4 is 10.1 Å². The summed E-state index contributed by atoms with van der Waals surface area (Å²) in [6, 6.07) is 17.7. The molecule has 0 spiro atoms. The lowest BCUT2D eigenvalue weighted by Crippen LogP contribution is -2.28. The Labute approximate surface area is 175 Å². The number of benzene rings is 2. The molecule has 0 aliphatic rings. The van der Waals surface area contributed by atoms with Crippen molar-refractivity contribution in [3.8, 4) is 22.8 Å². The van der Waals surface area contributed by atoms with E-state index in [4.69, 9.17) is 4.74 Å². The van der Waals surface area contributed by atoms with Crippen molar-refractivity contribution >= 4 is 17.7 Å². The van der Waals surface area contributed by atoms with E-state index in [1.807, 2.05) is 66.1 Å². The molecule has 0 aliphatic carbocycles. The normalized spacial score (nSPS) is 10.9. The summed E-state index contributed by atoms with van der Waals surface area (Å²) in [4.78, 5) is 12.2. The SMILES string of the molecule is CCOc1ccc(-n2c(SCC(=O)NCC(C)C)nnc2-c2ccccc2)cc1. The molecule has 1 N–H and O–H groups in total. The topological polar surface area (TPSA) is 69.0 Å². The Morgan fingerprint density at radius 1 is 1.10 bits per heavy atom.